The summed E-state index contributed by atoms with van der Waals surface area (Å²) >= 11 is 6.18. The quantitative estimate of drug-likeness (QED) is 0.760. The molecule has 2 N–H and O–H groups in total. The Morgan fingerprint density at radius 1 is 1.33 bits per heavy atom. The highest BCUT2D eigenvalue weighted by Crippen LogP contribution is 2.30. The summed E-state index contributed by atoms with van der Waals surface area (Å²) in [6, 6.07) is 4.41. The number of rotatable bonds is 9. The van der Waals surface area contributed by atoms with Gasteiger partial charge >= 0.3 is 0 Å². The minimum atomic E-state index is -0.343. The predicted molar refractivity (Wildman–Crippen MR) is 83.1 cm³/mol. The van der Waals surface area contributed by atoms with Gasteiger partial charge in [-0.1, -0.05) is 17.7 Å². The first-order valence-corrected chi connectivity index (χ1v) is 7.32. The summed E-state index contributed by atoms with van der Waals surface area (Å²) in [7, 11) is 3.27. The van der Waals surface area contributed by atoms with Crippen molar-refractivity contribution in [1.29, 1.82) is 0 Å². The van der Waals surface area contributed by atoms with E-state index < -0.39 is 0 Å². The Bertz CT molecular complexity index is 414. The predicted octanol–water partition coefficient (Wildman–Crippen LogP) is 2.46. The van der Waals surface area contributed by atoms with Crippen LogP contribution < -0.4 is 5.73 Å². The second-order valence-electron chi connectivity index (χ2n) is 4.92. The van der Waals surface area contributed by atoms with Crippen molar-refractivity contribution in [2.45, 2.75) is 19.0 Å². The summed E-state index contributed by atoms with van der Waals surface area (Å²) in [5.41, 5.74) is 6.33. The van der Waals surface area contributed by atoms with Gasteiger partial charge in [-0.05, 0) is 19.1 Å². The minimum Gasteiger partial charge on any atom is -0.383 e. The number of ether oxygens (including phenoxy) is 2. The van der Waals surface area contributed by atoms with Crippen molar-refractivity contribution in [3.8, 4) is 0 Å². The monoisotopic (exact) mass is 318 g/mol. The molecule has 0 fully saturated rings. The molecular formula is C15H24ClFN2O2. The summed E-state index contributed by atoms with van der Waals surface area (Å²) in [6.07, 6.45) is 0. The lowest BCUT2D eigenvalue weighted by atomic mass is 10.0. The molecule has 0 saturated heterocycles. The summed E-state index contributed by atoms with van der Waals surface area (Å²) in [5, 5.41) is 0.387. The lowest BCUT2D eigenvalue weighted by Gasteiger charge is -2.36. The van der Waals surface area contributed by atoms with E-state index >= 15 is 0 Å². The van der Waals surface area contributed by atoms with Crippen molar-refractivity contribution in [3.05, 3.63) is 34.6 Å². The standard InChI is InChI=1S/C15H24ClFN2O2/c1-11(10-21-3)19(7-8-20-2)14(9-18)15-12(16)5-4-6-13(15)17/h4-6,11,14H,7-10,18H2,1-3H3. The molecule has 4 nitrogen and oxygen atoms in total. The second kappa shape index (κ2) is 9.33. The molecule has 0 aromatic heterocycles. The highest BCUT2D eigenvalue weighted by molar-refractivity contribution is 6.31. The zero-order chi connectivity index (χ0) is 15.8. The third kappa shape index (κ3) is 4.90. The average Bonchev–Trinajstić information content (AvgIpc) is 2.45. The molecule has 0 radical (unpaired) electrons. The number of hydrogen-bond acceptors (Lipinski definition) is 4. The average molecular weight is 319 g/mol. The molecular weight excluding hydrogens is 295 g/mol. The van der Waals surface area contributed by atoms with Gasteiger partial charge in [0.1, 0.15) is 5.82 Å². The Morgan fingerprint density at radius 2 is 2.05 bits per heavy atom. The molecule has 120 valence electrons. The van der Waals surface area contributed by atoms with Gasteiger partial charge in [0.05, 0.1) is 19.3 Å². The van der Waals surface area contributed by atoms with Crippen molar-refractivity contribution >= 4 is 11.6 Å². The Labute approximate surface area is 131 Å². The van der Waals surface area contributed by atoms with Gasteiger partial charge in [-0.25, -0.2) is 4.39 Å². The third-order valence-electron chi connectivity index (χ3n) is 3.48. The lowest BCUT2D eigenvalue weighted by molar-refractivity contribution is 0.0477. The molecule has 1 aromatic rings. The van der Waals surface area contributed by atoms with E-state index in [-0.39, 0.29) is 24.4 Å². The van der Waals surface area contributed by atoms with E-state index in [1.807, 2.05) is 6.92 Å². The van der Waals surface area contributed by atoms with Gasteiger partial charge < -0.3 is 15.2 Å². The topological polar surface area (TPSA) is 47.7 Å². The van der Waals surface area contributed by atoms with Gasteiger partial charge in [-0.2, -0.15) is 0 Å². The molecule has 0 aliphatic heterocycles. The fourth-order valence-corrected chi connectivity index (χ4v) is 2.75. The van der Waals surface area contributed by atoms with E-state index in [1.54, 1.807) is 26.4 Å². The maximum atomic E-state index is 14.2. The molecule has 0 bridgehead atoms. The van der Waals surface area contributed by atoms with Crippen molar-refractivity contribution in [2.24, 2.45) is 5.73 Å². The van der Waals surface area contributed by atoms with Crippen LogP contribution in [0, 0.1) is 5.82 Å². The Hall–Kier alpha value is -0.720. The highest BCUT2D eigenvalue weighted by Gasteiger charge is 2.27. The largest absolute Gasteiger partial charge is 0.383 e. The maximum Gasteiger partial charge on any atom is 0.129 e. The first-order chi connectivity index (χ1) is 10.1. The molecule has 0 aliphatic carbocycles. The fourth-order valence-electron chi connectivity index (χ4n) is 2.47. The van der Waals surface area contributed by atoms with Crippen LogP contribution in [0.5, 0.6) is 0 Å². The van der Waals surface area contributed by atoms with E-state index in [0.29, 0.717) is 30.3 Å². The van der Waals surface area contributed by atoms with E-state index in [2.05, 4.69) is 4.90 Å². The van der Waals surface area contributed by atoms with Gasteiger partial charge in [-0.15, -0.1) is 0 Å². The lowest BCUT2D eigenvalue weighted by Crippen LogP contribution is -2.44. The molecule has 0 heterocycles. The maximum absolute atomic E-state index is 14.2. The number of halogens is 2. The molecule has 0 aliphatic rings. The first-order valence-electron chi connectivity index (χ1n) is 6.94. The Balaban J connectivity index is 3.10. The van der Waals surface area contributed by atoms with Crippen LogP contribution in [-0.4, -0.2) is 51.5 Å². The number of methoxy groups -OCH3 is 2. The van der Waals surface area contributed by atoms with Crippen LogP contribution in [0.4, 0.5) is 4.39 Å². The van der Waals surface area contributed by atoms with Gasteiger partial charge in [-0.3, -0.25) is 4.90 Å². The smallest absolute Gasteiger partial charge is 0.129 e. The molecule has 0 saturated carbocycles. The minimum absolute atomic E-state index is 0.0642. The number of nitrogens with zero attached hydrogens (tertiary/aromatic N) is 1. The van der Waals surface area contributed by atoms with Crippen LogP contribution in [0.3, 0.4) is 0 Å². The molecule has 1 rings (SSSR count). The Morgan fingerprint density at radius 3 is 2.57 bits per heavy atom. The highest BCUT2D eigenvalue weighted by atomic mass is 35.5. The van der Waals surface area contributed by atoms with Crippen molar-refractivity contribution in [1.82, 2.24) is 4.90 Å². The van der Waals surface area contributed by atoms with E-state index in [4.69, 9.17) is 26.8 Å². The molecule has 2 atom stereocenters. The third-order valence-corrected chi connectivity index (χ3v) is 3.81. The van der Waals surface area contributed by atoms with Crippen LogP contribution in [0.2, 0.25) is 5.02 Å². The van der Waals surface area contributed by atoms with E-state index in [9.17, 15) is 4.39 Å². The molecule has 2 unspecified atom stereocenters. The molecule has 6 heteroatoms. The fraction of sp³-hybridized carbons (Fsp3) is 0.600. The summed E-state index contributed by atoms with van der Waals surface area (Å²) in [6.45, 7) is 3.94. The van der Waals surface area contributed by atoms with Gasteiger partial charge in [0.25, 0.3) is 0 Å². The summed E-state index contributed by atoms with van der Waals surface area (Å²) in [5.74, 6) is -0.343. The Kier molecular flexibility index (Phi) is 8.14. The summed E-state index contributed by atoms with van der Waals surface area (Å²) < 4.78 is 24.5. The molecule has 1 aromatic carbocycles. The van der Waals surface area contributed by atoms with Crippen LogP contribution in [-0.2, 0) is 9.47 Å². The van der Waals surface area contributed by atoms with Crippen LogP contribution in [0.1, 0.15) is 18.5 Å². The van der Waals surface area contributed by atoms with Crippen LogP contribution in [0.15, 0.2) is 18.2 Å². The summed E-state index contributed by atoms with van der Waals surface area (Å²) in [4.78, 5) is 2.07. The van der Waals surface area contributed by atoms with Crippen molar-refractivity contribution in [2.75, 3.05) is 40.5 Å². The SMILES string of the molecule is COCCN(C(C)COC)C(CN)c1c(F)cccc1Cl. The molecule has 0 spiro atoms. The second-order valence-corrected chi connectivity index (χ2v) is 5.33. The van der Waals surface area contributed by atoms with E-state index in [1.165, 1.54) is 6.07 Å². The van der Waals surface area contributed by atoms with Gasteiger partial charge in [0.2, 0.25) is 0 Å². The number of hydrogen-bond donors (Lipinski definition) is 1. The van der Waals surface area contributed by atoms with Crippen LogP contribution in [0.25, 0.3) is 0 Å². The number of nitrogens with two attached hydrogens (primary N) is 1. The normalized spacial score (nSPS) is 14.4. The zero-order valence-corrected chi connectivity index (χ0v) is 13.6. The van der Waals surface area contributed by atoms with Gasteiger partial charge in [0.15, 0.2) is 0 Å². The van der Waals surface area contributed by atoms with Crippen molar-refractivity contribution in [3.63, 3.8) is 0 Å². The first kappa shape index (κ1) is 18.3. The zero-order valence-electron chi connectivity index (χ0n) is 12.8. The van der Waals surface area contributed by atoms with E-state index in [0.717, 1.165) is 0 Å². The van der Waals surface area contributed by atoms with Crippen LogP contribution >= 0.6 is 11.6 Å². The molecule has 21 heavy (non-hydrogen) atoms. The number of benzene rings is 1. The van der Waals surface area contributed by atoms with Crippen molar-refractivity contribution < 1.29 is 13.9 Å². The van der Waals surface area contributed by atoms with Gasteiger partial charge in [0, 0.05) is 43.9 Å². The molecule has 0 amide bonds.